The fourth-order valence-corrected chi connectivity index (χ4v) is 6.71. The van der Waals surface area contributed by atoms with E-state index in [1.54, 1.807) is 29.2 Å². The molecule has 3 aromatic rings. The number of amides is 1. The minimum atomic E-state index is -0.161. The Hall–Kier alpha value is -1.77. The van der Waals surface area contributed by atoms with Gasteiger partial charge in [-0.25, -0.2) is 4.99 Å². The van der Waals surface area contributed by atoms with Crippen molar-refractivity contribution in [1.82, 2.24) is 0 Å². The Morgan fingerprint density at radius 3 is 2.13 bits per heavy atom. The third-order valence-corrected chi connectivity index (χ3v) is 8.66. The summed E-state index contributed by atoms with van der Waals surface area (Å²) in [6.07, 6.45) is 9.13. The van der Waals surface area contributed by atoms with Crippen LogP contribution < -0.4 is 9.64 Å². The van der Waals surface area contributed by atoms with E-state index in [-0.39, 0.29) is 5.91 Å². The molecule has 0 spiro atoms. The van der Waals surface area contributed by atoms with Gasteiger partial charge in [0.05, 0.1) is 31.8 Å². The van der Waals surface area contributed by atoms with E-state index in [1.807, 2.05) is 42.5 Å². The van der Waals surface area contributed by atoms with Gasteiger partial charge in [-0.3, -0.25) is 9.69 Å². The largest absolute Gasteiger partial charge is 0.491 e. The zero-order valence-electron chi connectivity index (χ0n) is 21.4. The molecule has 204 valence electrons. The van der Waals surface area contributed by atoms with E-state index in [1.165, 1.54) is 43.9 Å². The molecule has 1 heterocycles. The van der Waals surface area contributed by atoms with Crippen molar-refractivity contribution in [2.24, 2.45) is 4.99 Å². The first-order valence-electron chi connectivity index (χ1n) is 12.8. The Labute approximate surface area is 261 Å². The van der Waals surface area contributed by atoms with Crippen LogP contribution in [0.3, 0.4) is 0 Å². The van der Waals surface area contributed by atoms with Crippen LogP contribution in [0.1, 0.15) is 51.0 Å². The first-order valence-corrected chi connectivity index (χ1v) is 16.0. The lowest BCUT2D eigenvalue weighted by atomic mass is 10.1. The van der Waals surface area contributed by atoms with E-state index in [9.17, 15) is 4.79 Å². The monoisotopic (exact) mass is 708 g/mol. The van der Waals surface area contributed by atoms with Crippen LogP contribution in [-0.2, 0) is 4.79 Å². The fourth-order valence-electron chi connectivity index (χ4n) is 4.00. The maximum absolute atomic E-state index is 13.6. The molecule has 0 aliphatic carbocycles. The average Bonchev–Trinajstić information content (AvgIpc) is 3.20. The molecule has 0 atom stereocenters. The molecule has 1 aliphatic rings. The Kier molecular flexibility index (Phi) is 11.4. The van der Waals surface area contributed by atoms with E-state index in [2.05, 4.69) is 38.8 Å². The summed E-state index contributed by atoms with van der Waals surface area (Å²) in [5.74, 6) is 0.606. The van der Waals surface area contributed by atoms with Crippen molar-refractivity contribution in [3.05, 3.63) is 90.1 Å². The fraction of sp³-hybridized carbons (Fsp3) is 0.267. The minimum Gasteiger partial charge on any atom is -0.491 e. The number of rotatable bonds is 11. The Morgan fingerprint density at radius 2 is 1.49 bits per heavy atom. The highest BCUT2D eigenvalue weighted by Gasteiger charge is 2.35. The van der Waals surface area contributed by atoms with Crippen LogP contribution in [0.25, 0.3) is 6.08 Å². The summed E-state index contributed by atoms with van der Waals surface area (Å²) in [6, 6.07) is 18.2. The molecule has 1 aliphatic heterocycles. The van der Waals surface area contributed by atoms with Crippen LogP contribution in [0.2, 0.25) is 10.0 Å². The number of carbonyl (C=O) groups is 1. The molecule has 4 nitrogen and oxygen atoms in total. The smallest absolute Gasteiger partial charge is 0.271 e. The summed E-state index contributed by atoms with van der Waals surface area (Å²) >= 11 is 20.8. The van der Waals surface area contributed by atoms with E-state index < -0.39 is 0 Å². The topological polar surface area (TPSA) is 41.9 Å². The molecular weight excluding hydrogens is 683 g/mol. The van der Waals surface area contributed by atoms with E-state index in [0.29, 0.717) is 38.1 Å². The maximum Gasteiger partial charge on any atom is 0.271 e. The SMILES string of the molecule is CCCCCCCCOc1c(Br)cc(/C=C2/SC(=Nc3ccc(Cl)cc3)N(c3ccc(Cl)cc3)C2=O)cc1Br. The van der Waals surface area contributed by atoms with Crippen molar-refractivity contribution >= 4 is 95.3 Å². The lowest BCUT2D eigenvalue weighted by Crippen LogP contribution is -2.28. The minimum absolute atomic E-state index is 0.161. The highest BCUT2D eigenvalue weighted by atomic mass is 79.9. The molecule has 0 saturated carbocycles. The van der Waals surface area contributed by atoms with Crippen LogP contribution >= 0.6 is 66.8 Å². The van der Waals surface area contributed by atoms with Crippen molar-refractivity contribution < 1.29 is 9.53 Å². The first kappa shape index (κ1) is 30.2. The molecule has 3 aromatic carbocycles. The summed E-state index contributed by atoms with van der Waals surface area (Å²) in [6.45, 7) is 2.89. The number of anilines is 1. The van der Waals surface area contributed by atoms with Gasteiger partial charge in [0, 0.05) is 10.0 Å². The van der Waals surface area contributed by atoms with Gasteiger partial charge >= 0.3 is 0 Å². The molecule has 1 amide bonds. The van der Waals surface area contributed by atoms with Gasteiger partial charge in [0.1, 0.15) is 5.75 Å². The highest BCUT2D eigenvalue weighted by Crippen LogP contribution is 2.40. The zero-order chi connectivity index (χ0) is 27.8. The molecule has 0 N–H and O–H groups in total. The lowest BCUT2D eigenvalue weighted by Gasteiger charge is -2.15. The number of nitrogens with zero attached hydrogens (tertiary/aromatic N) is 2. The molecule has 4 rings (SSSR count). The number of carbonyl (C=O) groups excluding carboxylic acids is 1. The predicted octanol–water partition coefficient (Wildman–Crippen LogP) is 11.1. The third kappa shape index (κ3) is 8.37. The third-order valence-electron chi connectivity index (χ3n) is 6.01. The van der Waals surface area contributed by atoms with E-state index in [0.717, 1.165) is 26.7 Å². The predicted molar refractivity (Wildman–Crippen MR) is 174 cm³/mol. The molecule has 0 bridgehead atoms. The number of thioether (sulfide) groups is 1. The van der Waals surface area contributed by atoms with Gasteiger partial charge in [-0.1, -0.05) is 62.2 Å². The van der Waals surface area contributed by atoms with Crippen LogP contribution in [0.4, 0.5) is 11.4 Å². The molecule has 0 aromatic heterocycles. The molecule has 1 fully saturated rings. The van der Waals surface area contributed by atoms with Crippen LogP contribution in [0.15, 0.2) is 79.5 Å². The summed E-state index contributed by atoms with van der Waals surface area (Å²) in [7, 11) is 0. The second-order valence-corrected chi connectivity index (χ2v) is 12.6. The van der Waals surface area contributed by atoms with Gasteiger partial charge < -0.3 is 4.74 Å². The van der Waals surface area contributed by atoms with Crippen molar-refractivity contribution in [2.75, 3.05) is 11.5 Å². The number of hydrogen-bond acceptors (Lipinski definition) is 4. The van der Waals surface area contributed by atoms with Gasteiger partial charge in [-0.2, -0.15) is 0 Å². The summed E-state index contributed by atoms with van der Waals surface area (Å²) < 4.78 is 7.72. The molecule has 1 saturated heterocycles. The van der Waals surface area contributed by atoms with Crippen molar-refractivity contribution in [3.8, 4) is 5.75 Å². The number of amidine groups is 1. The number of unbranched alkanes of at least 4 members (excludes halogenated alkanes) is 5. The van der Waals surface area contributed by atoms with Gasteiger partial charge in [0.2, 0.25) is 0 Å². The average molecular weight is 711 g/mol. The van der Waals surface area contributed by atoms with Crippen LogP contribution in [-0.4, -0.2) is 17.7 Å². The van der Waals surface area contributed by atoms with Gasteiger partial charge in [0.15, 0.2) is 5.17 Å². The Bertz CT molecular complexity index is 1340. The second kappa shape index (κ2) is 14.7. The van der Waals surface area contributed by atoms with Gasteiger partial charge in [0.25, 0.3) is 5.91 Å². The number of benzene rings is 3. The highest BCUT2D eigenvalue weighted by molar-refractivity contribution is 9.11. The molecule has 39 heavy (non-hydrogen) atoms. The van der Waals surface area contributed by atoms with Crippen molar-refractivity contribution in [2.45, 2.75) is 45.4 Å². The first-order chi connectivity index (χ1) is 18.9. The molecule has 0 radical (unpaired) electrons. The summed E-state index contributed by atoms with van der Waals surface area (Å²) in [5, 5.41) is 1.77. The van der Waals surface area contributed by atoms with Crippen LogP contribution in [0.5, 0.6) is 5.75 Å². The van der Waals surface area contributed by atoms with Gasteiger partial charge in [-0.05, 0) is 122 Å². The standard InChI is InChI=1S/C30H28Br2Cl2N2O2S/c1-2-3-4-5-6-7-16-38-28-25(31)17-20(18-26(28)32)19-27-29(37)36(24-14-10-22(34)11-15-24)30(39-27)35-23-12-8-21(33)9-13-23/h8-15,17-19H,2-7,16H2,1H3/b27-19+,35-30?. The molecule has 0 unspecified atom stereocenters. The zero-order valence-corrected chi connectivity index (χ0v) is 26.9. The number of ether oxygens (including phenoxy) is 1. The van der Waals surface area contributed by atoms with Crippen molar-refractivity contribution in [1.29, 1.82) is 0 Å². The normalized spacial score (nSPS) is 15.5. The van der Waals surface area contributed by atoms with Crippen molar-refractivity contribution in [3.63, 3.8) is 0 Å². The number of hydrogen-bond donors (Lipinski definition) is 0. The van der Waals surface area contributed by atoms with Crippen LogP contribution in [0, 0.1) is 0 Å². The summed E-state index contributed by atoms with van der Waals surface area (Å²) in [4.78, 5) is 20.5. The molecule has 9 heteroatoms. The number of halogens is 4. The van der Waals surface area contributed by atoms with Gasteiger partial charge in [-0.15, -0.1) is 0 Å². The second-order valence-electron chi connectivity index (χ2n) is 9.03. The van der Waals surface area contributed by atoms with E-state index in [4.69, 9.17) is 32.9 Å². The summed E-state index contributed by atoms with van der Waals surface area (Å²) in [5.41, 5.74) is 2.25. The Morgan fingerprint density at radius 1 is 0.897 bits per heavy atom. The number of aliphatic imine (C=N–C) groups is 1. The Balaban J connectivity index is 1.55. The quantitative estimate of drug-likeness (QED) is 0.147. The maximum atomic E-state index is 13.6. The lowest BCUT2D eigenvalue weighted by molar-refractivity contribution is -0.113. The van der Waals surface area contributed by atoms with E-state index >= 15 is 0 Å². The molecular formula is C30H28Br2Cl2N2O2S.